The third-order valence-electron chi connectivity index (χ3n) is 3.51. The SMILES string of the molecule is CCC(C)NC(=O)CCNC(C)C1CCOC1. The van der Waals surface area contributed by atoms with Crippen molar-refractivity contribution in [3.05, 3.63) is 0 Å². The highest BCUT2D eigenvalue weighted by molar-refractivity contribution is 5.76. The molecule has 1 aliphatic heterocycles. The van der Waals surface area contributed by atoms with Gasteiger partial charge in [0.2, 0.25) is 5.91 Å². The molecule has 1 aliphatic rings. The molecular formula is C13H26N2O2. The second-order valence-electron chi connectivity index (χ2n) is 4.99. The van der Waals surface area contributed by atoms with Crippen LogP contribution >= 0.6 is 0 Å². The second kappa shape index (κ2) is 7.67. The molecule has 0 spiro atoms. The standard InChI is InChI=1S/C13H26N2O2/c1-4-10(2)15-13(16)5-7-14-11(3)12-6-8-17-9-12/h10-12,14H,4-9H2,1-3H3,(H,15,16). The third-order valence-corrected chi connectivity index (χ3v) is 3.51. The van der Waals surface area contributed by atoms with Gasteiger partial charge in [0.15, 0.2) is 0 Å². The van der Waals surface area contributed by atoms with E-state index >= 15 is 0 Å². The fourth-order valence-corrected chi connectivity index (χ4v) is 1.98. The molecule has 1 rings (SSSR count). The first kappa shape index (κ1) is 14.5. The van der Waals surface area contributed by atoms with Gasteiger partial charge in [-0.2, -0.15) is 0 Å². The molecular weight excluding hydrogens is 216 g/mol. The highest BCUT2D eigenvalue weighted by atomic mass is 16.5. The highest BCUT2D eigenvalue weighted by Gasteiger charge is 2.21. The summed E-state index contributed by atoms with van der Waals surface area (Å²) < 4.78 is 5.35. The zero-order valence-electron chi connectivity index (χ0n) is 11.3. The van der Waals surface area contributed by atoms with E-state index in [9.17, 15) is 4.79 Å². The number of rotatable bonds is 7. The Kier molecular flexibility index (Phi) is 6.52. The Morgan fingerprint density at radius 1 is 1.47 bits per heavy atom. The van der Waals surface area contributed by atoms with E-state index in [1.165, 1.54) is 0 Å². The Morgan fingerprint density at radius 2 is 2.24 bits per heavy atom. The zero-order valence-corrected chi connectivity index (χ0v) is 11.3. The van der Waals surface area contributed by atoms with Gasteiger partial charge in [0.1, 0.15) is 0 Å². The molecule has 0 aromatic heterocycles. The van der Waals surface area contributed by atoms with Gasteiger partial charge >= 0.3 is 0 Å². The lowest BCUT2D eigenvalue weighted by molar-refractivity contribution is -0.121. The number of nitrogens with one attached hydrogen (secondary N) is 2. The minimum atomic E-state index is 0.140. The molecule has 17 heavy (non-hydrogen) atoms. The summed E-state index contributed by atoms with van der Waals surface area (Å²) in [5, 5.41) is 6.38. The second-order valence-corrected chi connectivity index (χ2v) is 4.99. The molecule has 1 saturated heterocycles. The van der Waals surface area contributed by atoms with Crippen molar-refractivity contribution in [2.45, 2.75) is 52.1 Å². The first-order valence-corrected chi connectivity index (χ1v) is 6.74. The fraction of sp³-hybridized carbons (Fsp3) is 0.923. The maximum atomic E-state index is 11.5. The van der Waals surface area contributed by atoms with Crippen molar-refractivity contribution in [3.8, 4) is 0 Å². The molecule has 0 bridgehead atoms. The van der Waals surface area contributed by atoms with Crippen LogP contribution < -0.4 is 10.6 Å². The summed E-state index contributed by atoms with van der Waals surface area (Å²) >= 11 is 0. The lowest BCUT2D eigenvalue weighted by Gasteiger charge is -2.19. The molecule has 4 nitrogen and oxygen atoms in total. The summed E-state index contributed by atoms with van der Waals surface area (Å²) in [6.07, 6.45) is 2.67. The topological polar surface area (TPSA) is 50.4 Å². The van der Waals surface area contributed by atoms with Crippen LogP contribution in [0.1, 0.15) is 40.0 Å². The number of carbonyl (C=O) groups excluding carboxylic acids is 1. The van der Waals surface area contributed by atoms with Gasteiger partial charge in [-0.15, -0.1) is 0 Å². The van der Waals surface area contributed by atoms with Crippen LogP contribution in [0.3, 0.4) is 0 Å². The Bertz CT molecular complexity index is 227. The van der Waals surface area contributed by atoms with Crippen LogP contribution in [0, 0.1) is 5.92 Å². The van der Waals surface area contributed by atoms with Gasteiger partial charge < -0.3 is 15.4 Å². The zero-order chi connectivity index (χ0) is 12.7. The smallest absolute Gasteiger partial charge is 0.221 e. The first-order valence-electron chi connectivity index (χ1n) is 6.74. The van der Waals surface area contributed by atoms with Gasteiger partial charge in [-0.1, -0.05) is 6.92 Å². The quantitative estimate of drug-likeness (QED) is 0.707. The number of hydrogen-bond acceptors (Lipinski definition) is 3. The summed E-state index contributed by atoms with van der Waals surface area (Å²) in [5.41, 5.74) is 0. The van der Waals surface area contributed by atoms with E-state index in [-0.39, 0.29) is 11.9 Å². The van der Waals surface area contributed by atoms with E-state index in [2.05, 4.69) is 24.5 Å². The van der Waals surface area contributed by atoms with Gasteiger partial charge in [0.25, 0.3) is 0 Å². The lowest BCUT2D eigenvalue weighted by atomic mass is 10.0. The van der Waals surface area contributed by atoms with Crippen LogP contribution in [0.4, 0.5) is 0 Å². The van der Waals surface area contributed by atoms with Crippen LogP contribution in [0.2, 0.25) is 0 Å². The van der Waals surface area contributed by atoms with Gasteiger partial charge in [-0.3, -0.25) is 4.79 Å². The van der Waals surface area contributed by atoms with Gasteiger partial charge in [0.05, 0.1) is 6.61 Å². The molecule has 1 amide bonds. The van der Waals surface area contributed by atoms with Crippen molar-refractivity contribution >= 4 is 5.91 Å². The number of amides is 1. The normalized spacial score (nSPS) is 23.4. The van der Waals surface area contributed by atoms with Gasteiger partial charge in [-0.05, 0) is 32.6 Å². The maximum absolute atomic E-state index is 11.5. The molecule has 0 radical (unpaired) electrons. The molecule has 1 heterocycles. The lowest BCUT2D eigenvalue weighted by Crippen LogP contribution is -2.38. The van der Waals surface area contributed by atoms with E-state index in [4.69, 9.17) is 4.74 Å². The Morgan fingerprint density at radius 3 is 2.82 bits per heavy atom. The summed E-state index contributed by atoms with van der Waals surface area (Å²) in [6, 6.07) is 0.719. The highest BCUT2D eigenvalue weighted by Crippen LogP contribution is 2.16. The third kappa shape index (κ3) is 5.50. The number of ether oxygens (including phenoxy) is 1. The molecule has 0 aliphatic carbocycles. The Balaban J connectivity index is 2.08. The van der Waals surface area contributed by atoms with Crippen LogP contribution in [0.25, 0.3) is 0 Å². The predicted octanol–water partition coefficient (Wildman–Crippen LogP) is 1.31. The summed E-state index contributed by atoms with van der Waals surface area (Å²) in [6.45, 7) is 8.76. The summed E-state index contributed by atoms with van der Waals surface area (Å²) in [4.78, 5) is 11.5. The molecule has 100 valence electrons. The number of hydrogen-bond donors (Lipinski definition) is 2. The van der Waals surface area contributed by atoms with Crippen molar-refractivity contribution in [2.24, 2.45) is 5.92 Å². The summed E-state index contributed by atoms with van der Waals surface area (Å²) in [5.74, 6) is 0.745. The van der Waals surface area contributed by atoms with Crippen molar-refractivity contribution in [3.63, 3.8) is 0 Å². The Hall–Kier alpha value is -0.610. The predicted molar refractivity (Wildman–Crippen MR) is 68.9 cm³/mol. The van der Waals surface area contributed by atoms with Crippen molar-refractivity contribution in [1.82, 2.24) is 10.6 Å². The van der Waals surface area contributed by atoms with Crippen molar-refractivity contribution in [1.29, 1.82) is 0 Å². The van der Waals surface area contributed by atoms with Crippen molar-refractivity contribution < 1.29 is 9.53 Å². The molecule has 0 aromatic rings. The fourth-order valence-electron chi connectivity index (χ4n) is 1.98. The molecule has 3 unspecified atom stereocenters. The van der Waals surface area contributed by atoms with Crippen LogP contribution in [0.15, 0.2) is 0 Å². The van der Waals surface area contributed by atoms with Gasteiger partial charge in [-0.25, -0.2) is 0 Å². The maximum Gasteiger partial charge on any atom is 0.221 e. The summed E-state index contributed by atoms with van der Waals surface area (Å²) in [7, 11) is 0. The molecule has 0 aromatic carbocycles. The van der Waals surface area contributed by atoms with Gasteiger partial charge in [0, 0.05) is 31.7 Å². The Labute approximate surface area is 104 Å². The molecule has 4 heteroatoms. The van der Waals surface area contributed by atoms with E-state index < -0.39 is 0 Å². The molecule has 1 fully saturated rings. The average Bonchev–Trinajstić information content (AvgIpc) is 2.82. The van der Waals surface area contributed by atoms with Crippen LogP contribution in [-0.2, 0) is 9.53 Å². The minimum absolute atomic E-state index is 0.140. The van der Waals surface area contributed by atoms with E-state index in [0.29, 0.717) is 18.4 Å². The van der Waals surface area contributed by atoms with E-state index in [0.717, 1.165) is 32.6 Å². The largest absolute Gasteiger partial charge is 0.381 e. The van der Waals surface area contributed by atoms with Crippen molar-refractivity contribution in [2.75, 3.05) is 19.8 Å². The van der Waals surface area contributed by atoms with E-state index in [1.807, 2.05) is 6.92 Å². The average molecular weight is 242 g/mol. The van der Waals surface area contributed by atoms with Crippen LogP contribution in [0.5, 0.6) is 0 Å². The first-order chi connectivity index (χ1) is 8.13. The molecule has 0 saturated carbocycles. The number of carbonyl (C=O) groups is 1. The van der Waals surface area contributed by atoms with E-state index in [1.54, 1.807) is 0 Å². The van der Waals surface area contributed by atoms with Crippen LogP contribution in [-0.4, -0.2) is 37.7 Å². The minimum Gasteiger partial charge on any atom is -0.381 e. The molecule has 2 N–H and O–H groups in total. The monoisotopic (exact) mass is 242 g/mol. The molecule has 3 atom stereocenters.